The molecule has 0 aromatic rings. The summed E-state index contributed by atoms with van der Waals surface area (Å²) in [7, 11) is -1.08. The zero-order valence-corrected chi connectivity index (χ0v) is 7.48. The number of alkyl halides is 5. The van der Waals surface area contributed by atoms with Gasteiger partial charge >= 0.3 is 11.4 Å². The van der Waals surface area contributed by atoms with E-state index in [1.54, 1.807) is 0 Å². The quantitative estimate of drug-likeness (QED) is 0.566. The van der Waals surface area contributed by atoms with Crippen LogP contribution in [0, 0.1) is 0 Å². The summed E-state index contributed by atoms with van der Waals surface area (Å²) in [6.07, 6.45) is -8.58. The van der Waals surface area contributed by atoms with E-state index in [-0.39, 0.29) is 0 Å². The van der Waals surface area contributed by atoms with Crippen molar-refractivity contribution in [2.24, 2.45) is 0 Å². The normalized spacial score (nSPS) is 14.6. The van der Waals surface area contributed by atoms with Gasteiger partial charge in [0.25, 0.3) is 9.05 Å². The van der Waals surface area contributed by atoms with Crippen molar-refractivity contribution >= 4 is 19.7 Å². The minimum atomic E-state index is -5.29. The third-order valence-corrected chi connectivity index (χ3v) is 2.65. The van der Waals surface area contributed by atoms with Crippen LogP contribution in [0.5, 0.6) is 0 Å². The second-order valence-electron chi connectivity index (χ2n) is 2.19. The van der Waals surface area contributed by atoms with E-state index in [2.05, 4.69) is 10.7 Å². The topological polar surface area (TPSA) is 34.1 Å². The summed E-state index contributed by atoms with van der Waals surface area (Å²) in [6, 6.07) is 0. The molecule has 0 saturated heterocycles. The number of hydrogen-bond acceptors (Lipinski definition) is 2. The van der Waals surface area contributed by atoms with Crippen LogP contribution in [0.25, 0.3) is 0 Å². The highest BCUT2D eigenvalue weighted by molar-refractivity contribution is 8.14. The van der Waals surface area contributed by atoms with Crippen molar-refractivity contribution in [3.05, 3.63) is 0 Å². The summed E-state index contributed by atoms with van der Waals surface area (Å²) in [4.78, 5) is 0. The minimum absolute atomic E-state index is 1.86. The van der Waals surface area contributed by atoms with Crippen molar-refractivity contribution < 1.29 is 30.4 Å². The third-order valence-electron chi connectivity index (χ3n) is 1.06. The molecule has 0 aliphatic carbocycles. The van der Waals surface area contributed by atoms with Gasteiger partial charge in [-0.2, -0.15) is 22.0 Å². The predicted molar refractivity (Wildman–Crippen MR) is 35.0 cm³/mol. The van der Waals surface area contributed by atoms with Gasteiger partial charge in [0, 0.05) is 17.1 Å². The van der Waals surface area contributed by atoms with Crippen LogP contribution >= 0.6 is 10.7 Å². The Morgan fingerprint density at radius 2 is 1.38 bits per heavy atom. The van der Waals surface area contributed by atoms with E-state index in [0.29, 0.717) is 0 Å². The van der Waals surface area contributed by atoms with E-state index >= 15 is 0 Å². The molecule has 0 rings (SSSR count). The largest absolute Gasteiger partial charge is 0.389 e. The van der Waals surface area contributed by atoms with Crippen LogP contribution in [0.3, 0.4) is 0 Å². The van der Waals surface area contributed by atoms with Gasteiger partial charge in [0.05, 0.1) is 6.42 Å². The zero-order valence-electron chi connectivity index (χ0n) is 5.91. The molecule has 13 heavy (non-hydrogen) atoms. The Morgan fingerprint density at radius 1 is 1.00 bits per heavy atom. The molecule has 0 heterocycles. The van der Waals surface area contributed by atoms with Gasteiger partial charge < -0.3 is 0 Å². The fraction of sp³-hybridized carbons (Fsp3) is 1.00. The standard InChI is InChI=1S/C4H4ClF5O2S/c5-13(11,12)4(9,10)2-1-3(6,7)8/h1-2H2. The van der Waals surface area contributed by atoms with Crippen molar-refractivity contribution in [3.63, 3.8) is 0 Å². The third kappa shape index (κ3) is 4.61. The van der Waals surface area contributed by atoms with Gasteiger partial charge in [0.2, 0.25) is 0 Å². The lowest BCUT2D eigenvalue weighted by molar-refractivity contribution is -0.143. The number of rotatable bonds is 3. The summed E-state index contributed by atoms with van der Waals surface area (Å²) < 4.78 is 78.7. The molecule has 0 atom stereocenters. The maximum absolute atomic E-state index is 12.2. The highest BCUT2D eigenvalue weighted by Crippen LogP contribution is 2.34. The first-order valence-corrected chi connectivity index (χ1v) is 5.15. The van der Waals surface area contributed by atoms with Gasteiger partial charge in [0.15, 0.2) is 0 Å². The lowest BCUT2D eigenvalue weighted by Gasteiger charge is -2.13. The molecule has 0 N–H and O–H groups in total. The second kappa shape index (κ2) is 3.56. The van der Waals surface area contributed by atoms with Crippen molar-refractivity contribution in [2.45, 2.75) is 24.3 Å². The van der Waals surface area contributed by atoms with E-state index in [0.717, 1.165) is 0 Å². The van der Waals surface area contributed by atoms with Gasteiger partial charge in [-0.1, -0.05) is 0 Å². The fourth-order valence-electron chi connectivity index (χ4n) is 0.409. The second-order valence-corrected chi connectivity index (χ2v) is 4.88. The van der Waals surface area contributed by atoms with Gasteiger partial charge in [-0.15, -0.1) is 0 Å². The average Bonchev–Trinajstić information content (AvgIpc) is 1.79. The average molecular weight is 247 g/mol. The Balaban J connectivity index is 4.38. The first-order valence-electron chi connectivity index (χ1n) is 2.84. The molecular weight excluding hydrogens is 243 g/mol. The van der Waals surface area contributed by atoms with Gasteiger partial charge in [0.1, 0.15) is 0 Å². The van der Waals surface area contributed by atoms with Crippen molar-refractivity contribution in [1.82, 2.24) is 0 Å². The smallest absolute Gasteiger partial charge is 0.206 e. The molecule has 2 nitrogen and oxygen atoms in total. The first-order chi connectivity index (χ1) is 5.46. The molecule has 0 aliphatic rings. The Labute approximate surface area is 75.1 Å². The van der Waals surface area contributed by atoms with E-state index in [1.807, 2.05) is 0 Å². The SMILES string of the molecule is O=S(=O)(Cl)C(F)(F)CCC(F)(F)F. The number of hydrogen-bond donors (Lipinski definition) is 0. The van der Waals surface area contributed by atoms with Crippen LogP contribution < -0.4 is 0 Å². The zero-order chi connectivity index (χ0) is 10.9. The highest BCUT2D eigenvalue weighted by Gasteiger charge is 2.46. The summed E-state index contributed by atoms with van der Waals surface area (Å²) >= 11 is 0. The van der Waals surface area contributed by atoms with Gasteiger partial charge in [-0.3, -0.25) is 0 Å². The van der Waals surface area contributed by atoms with Crippen LogP contribution in [0.4, 0.5) is 22.0 Å². The lowest BCUT2D eigenvalue weighted by atomic mass is 10.3. The van der Waals surface area contributed by atoms with E-state index in [4.69, 9.17) is 0 Å². The number of halogens is 6. The molecule has 0 fully saturated rings. The summed E-state index contributed by atoms with van der Waals surface area (Å²) in [5.41, 5.74) is 0. The molecule has 0 unspecified atom stereocenters. The lowest BCUT2D eigenvalue weighted by Crippen LogP contribution is -2.26. The van der Waals surface area contributed by atoms with Crippen LogP contribution in [-0.2, 0) is 9.05 Å². The maximum atomic E-state index is 12.2. The van der Waals surface area contributed by atoms with E-state index in [9.17, 15) is 30.4 Å². The van der Waals surface area contributed by atoms with Crippen LogP contribution in [0.1, 0.15) is 12.8 Å². The Kier molecular flexibility index (Phi) is 3.53. The van der Waals surface area contributed by atoms with Crippen LogP contribution in [-0.4, -0.2) is 19.8 Å². The summed E-state index contributed by atoms with van der Waals surface area (Å²) in [5.74, 6) is 0. The fourth-order valence-corrected chi connectivity index (χ4v) is 0.987. The molecule has 9 heteroatoms. The molecular formula is C4H4ClF5O2S. The van der Waals surface area contributed by atoms with Crippen LogP contribution in [0.2, 0.25) is 0 Å². The molecule has 0 spiro atoms. The van der Waals surface area contributed by atoms with Crippen molar-refractivity contribution in [1.29, 1.82) is 0 Å². The molecule has 0 radical (unpaired) electrons. The molecule has 0 aromatic carbocycles. The van der Waals surface area contributed by atoms with Crippen LogP contribution in [0.15, 0.2) is 0 Å². The highest BCUT2D eigenvalue weighted by atomic mass is 35.7. The summed E-state index contributed by atoms with van der Waals surface area (Å²) in [5, 5.41) is -4.54. The summed E-state index contributed by atoms with van der Waals surface area (Å²) in [6.45, 7) is 0. The molecule has 0 aliphatic heterocycles. The Morgan fingerprint density at radius 3 is 1.62 bits per heavy atom. The molecule has 80 valence electrons. The molecule has 0 saturated carbocycles. The first kappa shape index (κ1) is 12.9. The van der Waals surface area contributed by atoms with Crippen molar-refractivity contribution in [3.8, 4) is 0 Å². The maximum Gasteiger partial charge on any atom is 0.389 e. The monoisotopic (exact) mass is 246 g/mol. The van der Waals surface area contributed by atoms with Gasteiger partial charge in [-0.25, -0.2) is 8.42 Å². The van der Waals surface area contributed by atoms with Crippen molar-refractivity contribution in [2.75, 3.05) is 0 Å². The molecule has 0 amide bonds. The van der Waals surface area contributed by atoms with E-state index in [1.165, 1.54) is 0 Å². The Hall–Kier alpha value is -0.110. The predicted octanol–water partition coefficient (Wildman–Crippen LogP) is 2.49. The van der Waals surface area contributed by atoms with Gasteiger partial charge in [-0.05, 0) is 0 Å². The van der Waals surface area contributed by atoms with E-state index < -0.39 is 33.3 Å². The molecule has 0 bridgehead atoms. The minimum Gasteiger partial charge on any atom is -0.206 e. The Bertz CT molecular complexity index is 269. The molecule has 0 aromatic heterocycles.